The average molecular weight is 559 g/mol. The monoisotopic (exact) mass is 558 g/mol. The molecule has 40 heavy (non-hydrogen) atoms. The number of benzene rings is 2. The molecule has 4 atom stereocenters. The Morgan fingerprint density at radius 1 is 1.12 bits per heavy atom. The van der Waals surface area contributed by atoms with E-state index in [1.165, 1.54) is 6.07 Å². The van der Waals surface area contributed by atoms with E-state index in [2.05, 4.69) is 25.7 Å². The summed E-state index contributed by atoms with van der Waals surface area (Å²) >= 11 is 0. The van der Waals surface area contributed by atoms with Gasteiger partial charge in [-0.15, -0.1) is 0 Å². The number of halogens is 3. The molecule has 1 amide bonds. The standard InChI is InChI=1S/C31H37F3N2O4/c1-19(2)30(29(39)36-17-23-14-24(31(32,33)34)7-8-27(23)40-18-36)11-9-25(15-30)35-12-10-26(20(3)16-35)21-5-4-6-22(13-21)28(37)38/h4-8,13-14,19-20,25-26H,9-12,15-18H2,1-3H3,(H,37,38)/t20-,25-,26+,30?/m1/s1. The fraction of sp³-hybridized carbons (Fsp3) is 0.548. The first-order valence-electron chi connectivity index (χ1n) is 14.1. The van der Waals surface area contributed by atoms with Gasteiger partial charge in [-0.25, -0.2) is 4.79 Å². The van der Waals surface area contributed by atoms with Crippen molar-refractivity contribution in [2.75, 3.05) is 19.8 Å². The number of hydrogen-bond acceptors (Lipinski definition) is 4. The summed E-state index contributed by atoms with van der Waals surface area (Å²) in [6.45, 7) is 8.21. The van der Waals surface area contributed by atoms with Crippen molar-refractivity contribution in [1.29, 1.82) is 0 Å². The number of rotatable bonds is 5. The summed E-state index contributed by atoms with van der Waals surface area (Å²) in [5.41, 5.74) is 0.413. The Kier molecular flexibility index (Phi) is 7.63. The van der Waals surface area contributed by atoms with Gasteiger partial charge in [0.05, 0.1) is 23.1 Å². The van der Waals surface area contributed by atoms with Crippen LogP contribution in [0.1, 0.15) is 79.4 Å². The summed E-state index contributed by atoms with van der Waals surface area (Å²) < 4.78 is 45.6. The molecule has 1 N–H and O–H groups in total. The van der Waals surface area contributed by atoms with E-state index in [0.29, 0.717) is 29.2 Å². The SMILES string of the molecule is CC(C)C1(C(=O)N2COc3ccc(C(F)(F)F)cc3C2)CC[C@@H](N2CC[C@H](c3cccc(C(=O)O)c3)[C@H](C)C2)C1. The highest BCUT2D eigenvalue weighted by atomic mass is 19.4. The van der Waals surface area contributed by atoms with E-state index in [0.717, 1.165) is 50.0 Å². The number of ether oxygens (including phenoxy) is 1. The molecule has 1 saturated heterocycles. The van der Waals surface area contributed by atoms with Gasteiger partial charge in [-0.1, -0.05) is 32.9 Å². The molecule has 0 bridgehead atoms. The molecule has 1 saturated carbocycles. The van der Waals surface area contributed by atoms with E-state index in [-0.39, 0.29) is 37.1 Å². The highest BCUT2D eigenvalue weighted by Gasteiger charge is 2.51. The van der Waals surface area contributed by atoms with Crippen LogP contribution in [0.2, 0.25) is 0 Å². The van der Waals surface area contributed by atoms with Crippen molar-refractivity contribution in [3.8, 4) is 5.75 Å². The van der Waals surface area contributed by atoms with Crippen LogP contribution in [0.3, 0.4) is 0 Å². The number of aromatic carboxylic acids is 1. The van der Waals surface area contributed by atoms with Crippen LogP contribution in [-0.4, -0.2) is 52.6 Å². The second kappa shape index (κ2) is 10.7. The van der Waals surface area contributed by atoms with Gasteiger partial charge in [0.1, 0.15) is 5.75 Å². The van der Waals surface area contributed by atoms with Crippen molar-refractivity contribution in [3.63, 3.8) is 0 Å². The molecule has 2 aromatic carbocycles. The van der Waals surface area contributed by atoms with Crippen LogP contribution in [0.15, 0.2) is 42.5 Å². The first kappa shape index (κ1) is 28.5. The van der Waals surface area contributed by atoms with E-state index in [1.54, 1.807) is 17.0 Å². The van der Waals surface area contributed by atoms with Crippen molar-refractivity contribution in [3.05, 3.63) is 64.7 Å². The van der Waals surface area contributed by atoms with Gasteiger partial charge in [0.15, 0.2) is 6.73 Å². The number of nitrogens with zero attached hydrogens (tertiary/aromatic N) is 2. The van der Waals surface area contributed by atoms with Gasteiger partial charge in [-0.2, -0.15) is 13.2 Å². The minimum atomic E-state index is -4.46. The van der Waals surface area contributed by atoms with Gasteiger partial charge in [-0.3, -0.25) is 4.79 Å². The van der Waals surface area contributed by atoms with Crippen molar-refractivity contribution < 1.29 is 32.6 Å². The first-order valence-corrected chi connectivity index (χ1v) is 14.1. The van der Waals surface area contributed by atoms with E-state index >= 15 is 0 Å². The van der Waals surface area contributed by atoms with Crippen LogP contribution in [-0.2, 0) is 17.5 Å². The quantitative estimate of drug-likeness (QED) is 0.460. The molecule has 9 heteroatoms. The zero-order valence-corrected chi connectivity index (χ0v) is 23.2. The Hall–Kier alpha value is -3.07. The van der Waals surface area contributed by atoms with Crippen LogP contribution in [0.25, 0.3) is 0 Å². The summed E-state index contributed by atoms with van der Waals surface area (Å²) in [4.78, 5) is 29.5. The molecule has 216 valence electrons. The predicted octanol–water partition coefficient (Wildman–Crippen LogP) is 6.40. The maximum absolute atomic E-state index is 14.0. The number of carbonyl (C=O) groups excluding carboxylic acids is 1. The summed E-state index contributed by atoms with van der Waals surface area (Å²) in [6.07, 6.45) is -1.21. The summed E-state index contributed by atoms with van der Waals surface area (Å²) in [6, 6.07) is 10.9. The van der Waals surface area contributed by atoms with Crippen molar-refractivity contribution in [2.45, 2.75) is 71.1 Å². The molecule has 2 fully saturated rings. The van der Waals surface area contributed by atoms with Crippen LogP contribution in [0, 0.1) is 17.3 Å². The summed E-state index contributed by atoms with van der Waals surface area (Å²) in [5, 5.41) is 9.39. The third-order valence-electron chi connectivity index (χ3n) is 9.48. The molecule has 1 aliphatic carbocycles. The normalized spacial score (nSPS) is 27.4. The second-order valence-corrected chi connectivity index (χ2v) is 12.1. The largest absolute Gasteiger partial charge is 0.478 e. The van der Waals surface area contributed by atoms with Gasteiger partial charge in [0.2, 0.25) is 5.91 Å². The molecular formula is C31H37F3N2O4. The van der Waals surface area contributed by atoms with Gasteiger partial charge in [0, 0.05) is 18.2 Å². The highest BCUT2D eigenvalue weighted by Crippen LogP contribution is 2.49. The van der Waals surface area contributed by atoms with Gasteiger partial charge in [-0.05, 0) is 85.9 Å². The van der Waals surface area contributed by atoms with E-state index in [9.17, 15) is 27.9 Å². The van der Waals surface area contributed by atoms with E-state index in [1.807, 2.05) is 12.1 Å². The molecule has 6 nitrogen and oxygen atoms in total. The molecule has 2 aromatic rings. The minimum absolute atomic E-state index is 0.0359. The summed E-state index contributed by atoms with van der Waals surface area (Å²) in [5.74, 6) is 0.114. The smallest absolute Gasteiger partial charge is 0.416 e. The third-order valence-corrected chi connectivity index (χ3v) is 9.48. The van der Waals surface area contributed by atoms with Crippen molar-refractivity contribution in [2.24, 2.45) is 17.3 Å². The Labute approximate surface area is 233 Å². The van der Waals surface area contributed by atoms with Gasteiger partial charge in [0.25, 0.3) is 0 Å². The number of carboxylic acids is 1. The molecule has 5 rings (SSSR count). The fourth-order valence-corrected chi connectivity index (χ4v) is 7.10. The molecule has 2 aliphatic heterocycles. The lowest BCUT2D eigenvalue weighted by Crippen LogP contribution is -2.49. The zero-order valence-electron chi connectivity index (χ0n) is 23.2. The van der Waals surface area contributed by atoms with E-state index < -0.39 is 23.1 Å². The topological polar surface area (TPSA) is 70.1 Å². The van der Waals surface area contributed by atoms with Gasteiger partial charge < -0.3 is 19.6 Å². The number of hydrogen-bond donors (Lipinski definition) is 1. The fourth-order valence-electron chi connectivity index (χ4n) is 7.10. The van der Waals surface area contributed by atoms with Crippen LogP contribution < -0.4 is 4.74 Å². The number of carboxylic acid groups (broad SMARTS) is 1. The Bertz CT molecular complexity index is 1280. The molecule has 2 heterocycles. The first-order chi connectivity index (χ1) is 18.9. The zero-order chi connectivity index (χ0) is 28.8. The molecular weight excluding hydrogens is 521 g/mol. The maximum atomic E-state index is 14.0. The molecule has 3 aliphatic rings. The highest BCUT2D eigenvalue weighted by molar-refractivity contribution is 5.87. The van der Waals surface area contributed by atoms with Gasteiger partial charge >= 0.3 is 12.1 Å². The minimum Gasteiger partial charge on any atom is -0.478 e. The van der Waals surface area contributed by atoms with Crippen LogP contribution in [0.5, 0.6) is 5.75 Å². The second-order valence-electron chi connectivity index (χ2n) is 12.1. The number of piperidine rings is 1. The number of alkyl halides is 3. The maximum Gasteiger partial charge on any atom is 0.416 e. The number of amides is 1. The van der Waals surface area contributed by atoms with Crippen molar-refractivity contribution >= 4 is 11.9 Å². The lowest BCUT2D eigenvalue weighted by atomic mass is 9.74. The lowest BCUT2D eigenvalue weighted by molar-refractivity contribution is -0.150. The average Bonchev–Trinajstić information content (AvgIpc) is 3.38. The molecule has 0 radical (unpaired) electrons. The predicted molar refractivity (Wildman–Crippen MR) is 144 cm³/mol. The van der Waals surface area contributed by atoms with Crippen LogP contribution >= 0.6 is 0 Å². The third kappa shape index (κ3) is 5.32. The molecule has 0 aromatic heterocycles. The van der Waals surface area contributed by atoms with E-state index in [4.69, 9.17) is 4.74 Å². The number of likely N-dealkylation sites (tertiary alicyclic amines) is 1. The molecule has 1 unspecified atom stereocenters. The Balaban J connectivity index is 1.28. The Morgan fingerprint density at radius 3 is 2.58 bits per heavy atom. The number of carbonyl (C=O) groups is 2. The van der Waals surface area contributed by atoms with Crippen molar-refractivity contribution in [1.82, 2.24) is 9.80 Å². The summed E-state index contributed by atoms with van der Waals surface area (Å²) in [7, 11) is 0. The molecule has 0 spiro atoms. The lowest BCUT2D eigenvalue weighted by Gasteiger charge is -2.42. The number of fused-ring (bicyclic) bond motifs is 1. The Morgan fingerprint density at radius 2 is 1.90 bits per heavy atom. The van der Waals surface area contributed by atoms with Crippen LogP contribution in [0.4, 0.5) is 13.2 Å².